The van der Waals surface area contributed by atoms with Gasteiger partial charge in [0.1, 0.15) is 22.7 Å². The maximum absolute atomic E-state index is 13.2. The standard InChI is InChI=1S/C22H15ClN6O4S2/c23-18-4-3-13(34-18)11-25-19-10-15(27-29(19)22(32)17-5-6-26-35-17)14-2-1-8-28(21(14)31)12-16(30)20-24-7-9-33-20/h1-10,25H,11-12H2. The summed E-state index contributed by atoms with van der Waals surface area (Å²) in [4.78, 5) is 43.8. The molecule has 176 valence electrons. The van der Waals surface area contributed by atoms with Crippen molar-refractivity contribution in [2.75, 3.05) is 5.32 Å². The molecule has 0 aliphatic heterocycles. The van der Waals surface area contributed by atoms with Crippen molar-refractivity contribution in [2.45, 2.75) is 13.1 Å². The van der Waals surface area contributed by atoms with Crippen LogP contribution in [0.25, 0.3) is 11.3 Å². The average molecular weight is 527 g/mol. The van der Waals surface area contributed by atoms with Crippen molar-refractivity contribution in [3.05, 3.63) is 91.6 Å². The Bertz CT molecular complexity index is 1550. The van der Waals surface area contributed by atoms with Gasteiger partial charge in [-0.3, -0.25) is 14.4 Å². The van der Waals surface area contributed by atoms with Crippen LogP contribution in [0.2, 0.25) is 4.34 Å². The van der Waals surface area contributed by atoms with Gasteiger partial charge in [-0.15, -0.1) is 11.3 Å². The Balaban J connectivity index is 1.49. The highest BCUT2D eigenvalue weighted by Gasteiger charge is 2.21. The fraction of sp³-hybridized carbons (Fsp3) is 0.0909. The summed E-state index contributed by atoms with van der Waals surface area (Å²) in [6.45, 7) is 0.153. The largest absolute Gasteiger partial charge is 0.442 e. The van der Waals surface area contributed by atoms with E-state index >= 15 is 0 Å². The van der Waals surface area contributed by atoms with Crippen LogP contribution in [0.4, 0.5) is 5.82 Å². The van der Waals surface area contributed by atoms with Gasteiger partial charge in [-0.2, -0.15) is 9.78 Å². The van der Waals surface area contributed by atoms with Gasteiger partial charge < -0.3 is 14.3 Å². The summed E-state index contributed by atoms with van der Waals surface area (Å²) in [5.74, 6) is -0.520. The van der Waals surface area contributed by atoms with E-state index in [0.717, 1.165) is 16.4 Å². The fourth-order valence-corrected chi connectivity index (χ4v) is 4.84. The highest BCUT2D eigenvalue weighted by atomic mass is 35.5. The number of carbonyl (C=O) groups excluding carboxylic acids is 2. The lowest BCUT2D eigenvalue weighted by Gasteiger charge is -2.06. The zero-order valence-corrected chi connectivity index (χ0v) is 20.1. The Kier molecular flexibility index (Phi) is 6.40. The number of pyridine rings is 1. The maximum atomic E-state index is 13.2. The van der Waals surface area contributed by atoms with E-state index in [4.69, 9.17) is 16.0 Å². The lowest BCUT2D eigenvalue weighted by atomic mass is 10.2. The second-order valence-corrected chi connectivity index (χ2v) is 9.82. The van der Waals surface area contributed by atoms with Gasteiger partial charge in [-0.1, -0.05) is 11.6 Å². The lowest BCUT2D eigenvalue weighted by molar-refractivity contribution is 0.0934. The predicted octanol–water partition coefficient (Wildman–Crippen LogP) is 4.05. The van der Waals surface area contributed by atoms with E-state index in [1.54, 1.807) is 30.3 Å². The van der Waals surface area contributed by atoms with Crippen molar-refractivity contribution >= 4 is 52.0 Å². The number of thiophene rings is 1. The van der Waals surface area contributed by atoms with Gasteiger partial charge in [0.25, 0.3) is 17.4 Å². The third-order valence-electron chi connectivity index (χ3n) is 4.90. The molecule has 10 nitrogen and oxygen atoms in total. The summed E-state index contributed by atoms with van der Waals surface area (Å²) >= 11 is 8.48. The van der Waals surface area contributed by atoms with Crippen LogP contribution in [-0.2, 0) is 13.1 Å². The first-order valence-corrected chi connectivity index (χ1v) is 12.1. The molecule has 1 N–H and O–H groups in total. The molecule has 5 rings (SSSR count). The highest BCUT2D eigenvalue weighted by molar-refractivity contribution is 7.16. The summed E-state index contributed by atoms with van der Waals surface area (Å²) in [6.07, 6.45) is 5.67. The number of anilines is 1. The molecule has 0 unspecified atom stereocenters. The number of nitrogens with one attached hydrogen (secondary N) is 1. The van der Waals surface area contributed by atoms with Crippen LogP contribution in [-0.4, -0.2) is 35.4 Å². The van der Waals surface area contributed by atoms with Crippen molar-refractivity contribution in [3.8, 4) is 11.3 Å². The first-order chi connectivity index (χ1) is 17.0. The molecule has 0 saturated carbocycles. The Morgan fingerprint density at radius 2 is 2.06 bits per heavy atom. The molecular weight excluding hydrogens is 512 g/mol. The van der Waals surface area contributed by atoms with Gasteiger partial charge in [0.2, 0.25) is 5.78 Å². The van der Waals surface area contributed by atoms with Gasteiger partial charge in [-0.05, 0) is 41.9 Å². The number of aromatic nitrogens is 5. The maximum Gasteiger partial charge on any atom is 0.291 e. The van der Waals surface area contributed by atoms with E-state index in [9.17, 15) is 14.4 Å². The molecule has 0 saturated heterocycles. The quantitative estimate of drug-likeness (QED) is 0.300. The van der Waals surface area contributed by atoms with Crippen molar-refractivity contribution in [3.63, 3.8) is 0 Å². The predicted molar refractivity (Wildman–Crippen MR) is 131 cm³/mol. The molecule has 0 aliphatic carbocycles. The van der Waals surface area contributed by atoms with E-state index in [-0.39, 0.29) is 29.6 Å². The molecule has 0 bridgehead atoms. The topological polar surface area (TPSA) is 125 Å². The minimum atomic E-state index is -0.447. The molecule has 35 heavy (non-hydrogen) atoms. The molecular formula is C22H15ClN6O4S2. The zero-order chi connectivity index (χ0) is 24.4. The van der Waals surface area contributed by atoms with Crippen molar-refractivity contribution in [2.24, 2.45) is 0 Å². The second-order valence-electron chi connectivity index (χ2n) is 7.18. The normalized spacial score (nSPS) is 11.0. The second kappa shape index (κ2) is 9.78. The summed E-state index contributed by atoms with van der Waals surface area (Å²) < 4.78 is 12.1. The van der Waals surface area contributed by atoms with Crippen LogP contribution in [0.5, 0.6) is 0 Å². The van der Waals surface area contributed by atoms with E-state index in [1.807, 2.05) is 6.07 Å². The van der Waals surface area contributed by atoms with Gasteiger partial charge in [0.15, 0.2) is 0 Å². The number of halogens is 1. The van der Waals surface area contributed by atoms with Crippen molar-refractivity contribution in [1.29, 1.82) is 0 Å². The summed E-state index contributed by atoms with van der Waals surface area (Å²) in [5, 5.41) is 7.61. The molecule has 5 heterocycles. The number of carbonyl (C=O) groups is 2. The number of hydrogen-bond acceptors (Lipinski definition) is 10. The van der Waals surface area contributed by atoms with Gasteiger partial charge in [0, 0.05) is 23.3 Å². The van der Waals surface area contributed by atoms with Crippen LogP contribution in [0.1, 0.15) is 25.2 Å². The van der Waals surface area contributed by atoms with Crippen LogP contribution >= 0.6 is 34.5 Å². The SMILES string of the molecule is O=C(Cn1cccc(-c2cc(NCc3ccc(Cl)s3)n(C(=O)c3ccns3)n2)c1=O)c1ncco1. The molecule has 0 amide bonds. The molecule has 13 heteroatoms. The first kappa shape index (κ1) is 22.9. The van der Waals surface area contributed by atoms with Crippen molar-refractivity contribution < 1.29 is 14.0 Å². The van der Waals surface area contributed by atoms with Crippen LogP contribution < -0.4 is 10.9 Å². The number of ketones is 1. The monoisotopic (exact) mass is 526 g/mol. The van der Waals surface area contributed by atoms with Crippen LogP contribution in [0.3, 0.4) is 0 Å². The van der Waals surface area contributed by atoms with E-state index in [1.165, 1.54) is 45.4 Å². The van der Waals surface area contributed by atoms with Gasteiger partial charge in [-0.25, -0.2) is 9.36 Å². The average Bonchev–Trinajstić information content (AvgIpc) is 3.66. The summed E-state index contributed by atoms with van der Waals surface area (Å²) in [6, 6.07) is 10.1. The van der Waals surface area contributed by atoms with E-state index in [0.29, 0.717) is 21.6 Å². The summed E-state index contributed by atoms with van der Waals surface area (Å²) in [5.41, 5.74) is 0.0576. The molecule has 5 aromatic heterocycles. The third-order valence-corrected chi connectivity index (χ3v) is 6.87. The number of Topliss-reactive ketones (excluding diaryl/α,β-unsaturated/α-hetero) is 1. The molecule has 5 aromatic rings. The molecule has 0 aromatic carbocycles. The minimum Gasteiger partial charge on any atom is -0.442 e. The number of nitrogens with zero attached hydrogens (tertiary/aromatic N) is 5. The molecule has 0 radical (unpaired) electrons. The number of hydrogen-bond donors (Lipinski definition) is 1. The first-order valence-electron chi connectivity index (χ1n) is 10.2. The molecule has 0 atom stereocenters. The van der Waals surface area contributed by atoms with E-state index < -0.39 is 11.3 Å². The number of rotatable bonds is 8. The molecule has 0 spiro atoms. The van der Waals surface area contributed by atoms with Crippen LogP contribution in [0.15, 0.2) is 70.5 Å². The number of oxazole rings is 1. The Labute approximate surface area is 210 Å². The zero-order valence-electron chi connectivity index (χ0n) is 17.8. The minimum absolute atomic E-state index is 0.0816. The Hall–Kier alpha value is -3.87. The summed E-state index contributed by atoms with van der Waals surface area (Å²) in [7, 11) is 0. The fourth-order valence-electron chi connectivity index (χ4n) is 3.29. The molecule has 0 fully saturated rings. The van der Waals surface area contributed by atoms with Gasteiger partial charge >= 0.3 is 0 Å². The molecule has 0 aliphatic rings. The smallest absolute Gasteiger partial charge is 0.291 e. The lowest BCUT2D eigenvalue weighted by Crippen LogP contribution is -2.25. The Morgan fingerprint density at radius 1 is 1.17 bits per heavy atom. The Morgan fingerprint density at radius 3 is 2.77 bits per heavy atom. The third kappa shape index (κ3) is 4.85. The van der Waals surface area contributed by atoms with Gasteiger partial charge in [0.05, 0.1) is 29.2 Å². The van der Waals surface area contributed by atoms with Crippen LogP contribution in [0, 0.1) is 0 Å². The highest BCUT2D eigenvalue weighted by Crippen LogP contribution is 2.25. The van der Waals surface area contributed by atoms with Crippen molar-refractivity contribution in [1.82, 2.24) is 23.7 Å². The van der Waals surface area contributed by atoms with E-state index in [2.05, 4.69) is 19.8 Å².